The van der Waals surface area contributed by atoms with Gasteiger partial charge in [0.05, 0.1) is 17.8 Å². The molecule has 1 atom stereocenters. The summed E-state index contributed by atoms with van der Waals surface area (Å²) in [5, 5.41) is 4.41. The Morgan fingerprint density at radius 2 is 1.74 bits per heavy atom. The summed E-state index contributed by atoms with van der Waals surface area (Å²) in [6.45, 7) is 5.00. The van der Waals surface area contributed by atoms with E-state index in [0.29, 0.717) is 16.9 Å². The van der Waals surface area contributed by atoms with Crippen molar-refractivity contribution in [3.05, 3.63) is 77.1 Å². The summed E-state index contributed by atoms with van der Waals surface area (Å²) in [4.78, 5) is 24.5. The smallest absolute Gasteiger partial charge is 0.279 e. The minimum Gasteiger partial charge on any atom is -0.478 e. The summed E-state index contributed by atoms with van der Waals surface area (Å²) >= 11 is 0. The number of hydrazine groups is 1. The highest BCUT2D eigenvalue weighted by Crippen LogP contribution is 2.19. The average molecular weight is 428 g/mol. The van der Waals surface area contributed by atoms with Gasteiger partial charge in [-0.2, -0.15) is 5.10 Å². The van der Waals surface area contributed by atoms with E-state index in [0.717, 1.165) is 5.69 Å². The lowest BCUT2D eigenvalue weighted by atomic mass is 10.1. The van der Waals surface area contributed by atoms with Gasteiger partial charge in [-0.05, 0) is 57.2 Å². The molecule has 0 fully saturated rings. The van der Waals surface area contributed by atoms with Gasteiger partial charge in [0.2, 0.25) is 5.91 Å². The van der Waals surface area contributed by atoms with Crippen molar-refractivity contribution in [3.63, 3.8) is 0 Å². The molecule has 31 heavy (non-hydrogen) atoms. The Bertz CT molecular complexity index is 1100. The molecular formula is C22H22F2N4O3. The van der Waals surface area contributed by atoms with Crippen LogP contribution in [0.4, 0.5) is 8.78 Å². The first-order chi connectivity index (χ1) is 14.8. The van der Waals surface area contributed by atoms with Gasteiger partial charge in [-0.3, -0.25) is 20.4 Å². The number of aryl methyl sites for hydroxylation is 1. The molecule has 1 aromatic heterocycles. The molecule has 0 radical (unpaired) electrons. The first-order valence-corrected chi connectivity index (χ1v) is 9.57. The Hall–Kier alpha value is -3.75. The number of hydrogen-bond donors (Lipinski definition) is 2. The molecule has 3 aromatic rings. The highest BCUT2D eigenvalue weighted by atomic mass is 19.1. The summed E-state index contributed by atoms with van der Waals surface area (Å²) in [6.07, 6.45) is -1.05. The number of carbonyl (C=O) groups excluding carboxylic acids is 2. The van der Waals surface area contributed by atoms with Gasteiger partial charge in [-0.1, -0.05) is 12.1 Å². The fourth-order valence-electron chi connectivity index (χ4n) is 2.99. The molecule has 0 unspecified atom stereocenters. The third-order valence-electron chi connectivity index (χ3n) is 4.68. The zero-order valence-electron chi connectivity index (χ0n) is 17.3. The van der Waals surface area contributed by atoms with Crippen LogP contribution in [0.5, 0.6) is 5.75 Å². The number of halogens is 2. The largest absolute Gasteiger partial charge is 0.478 e. The van der Waals surface area contributed by atoms with E-state index >= 15 is 0 Å². The summed E-state index contributed by atoms with van der Waals surface area (Å²) in [6, 6.07) is 11.6. The standard InChI is InChI=1S/C22H22F2N4O3/c1-13-18(14(2)28(27-13)17-10-8-16(23)9-11-17)12-21(29)25-26-22(30)15(3)31-20-7-5-4-6-19(20)24/h4-11,15H,12H2,1-3H3,(H,25,29)(H,26,30)/t15-/m1/s1. The minimum absolute atomic E-state index is 0.0261. The summed E-state index contributed by atoms with van der Waals surface area (Å²) in [5.74, 6) is -2.09. The molecule has 3 rings (SSSR count). The Balaban J connectivity index is 1.59. The van der Waals surface area contributed by atoms with Crippen LogP contribution < -0.4 is 15.6 Å². The van der Waals surface area contributed by atoms with E-state index in [1.165, 1.54) is 37.3 Å². The monoisotopic (exact) mass is 428 g/mol. The number of carbonyl (C=O) groups is 2. The Morgan fingerprint density at radius 1 is 1.06 bits per heavy atom. The van der Waals surface area contributed by atoms with E-state index in [4.69, 9.17) is 4.74 Å². The molecule has 0 bridgehead atoms. The molecule has 0 spiro atoms. The summed E-state index contributed by atoms with van der Waals surface area (Å²) in [7, 11) is 0. The highest BCUT2D eigenvalue weighted by Gasteiger charge is 2.19. The van der Waals surface area contributed by atoms with E-state index in [1.807, 2.05) is 0 Å². The number of nitrogens with one attached hydrogen (secondary N) is 2. The van der Waals surface area contributed by atoms with Gasteiger partial charge in [-0.25, -0.2) is 13.5 Å². The minimum atomic E-state index is -1.03. The molecule has 1 heterocycles. The van der Waals surface area contributed by atoms with Crippen LogP contribution in [0.25, 0.3) is 5.69 Å². The van der Waals surface area contributed by atoms with Gasteiger partial charge in [-0.15, -0.1) is 0 Å². The number of aromatic nitrogens is 2. The number of nitrogens with zero attached hydrogens (tertiary/aromatic N) is 2. The highest BCUT2D eigenvalue weighted by molar-refractivity contribution is 5.85. The molecule has 2 aromatic carbocycles. The first-order valence-electron chi connectivity index (χ1n) is 9.57. The maximum atomic E-state index is 13.6. The van der Waals surface area contributed by atoms with Crippen molar-refractivity contribution in [1.29, 1.82) is 0 Å². The lowest BCUT2D eigenvalue weighted by Gasteiger charge is -2.15. The van der Waals surface area contributed by atoms with E-state index in [2.05, 4.69) is 16.0 Å². The Morgan fingerprint density at radius 3 is 2.42 bits per heavy atom. The third-order valence-corrected chi connectivity index (χ3v) is 4.68. The van der Waals surface area contributed by atoms with Gasteiger partial charge in [0.25, 0.3) is 5.91 Å². The predicted molar refractivity (Wildman–Crippen MR) is 109 cm³/mol. The van der Waals surface area contributed by atoms with Crippen LogP contribution in [-0.4, -0.2) is 27.7 Å². The number of ether oxygens (including phenoxy) is 1. The van der Waals surface area contributed by atoms with Gasteiger partial charge in [0, 0.05) is 11.3 Å². The van der Waals surface area contributed by atoms with E-state index in [1.54, 1.807) is 36.7 Å². The lowest BCUT2D eigenvalue weighted by molar-refractivity contribution is -0.132. The fourth-order valence-corrected chi connectivity index (χ4v) is 2.99. The van der Waals surface area contributed by atoms with Crippen molar-refractivity contribution >= 4 is 11.8 Å². The van der Waals surface area contributed by atoms with Crippen LogP contribution in [0.15, 0.2) is 48.5 Å². The van der Waals surface area contributed by atoms with Gasteiger partial charge < -0.3 is 4.74 Å². The number of rotatable bonds is 6. The van der Waals surface area contributed by atoms with Crippen LogP contribution in [0, 0.1) is 25.5 Å². The van der Waals surface area contributed by atoms with E-state index in [-0.39, 0.29) is 18.0 Å². The average Bonchev–Trinajstić information content (AvgIpc) is 3.02. The molecule has 9 heteroatoms. The normalized spacial score (nSPS) is 11.6. The second-order valence-corrected chi connectivity index (χ2v) is 6.94. The number of para-hydroxylation sites is 1. The van der Waals surface area contributed by atoms with Crippen molar-refractivity contribution in [2.24, 2.45) is 0 Å². The second kappa shape index (κ2) is 9.38. The van der Waals surface area contributed by atoms with Gasteiger partial charge in [0.1, 0.15) is 5.82 Å². The van der Waals surface area contributed by atoms with Crippen LogP contribution in [0.3, 0.4) is 0 Å². The van der Waals surface area contributed by atoms with Crippen LogP contribution in [-0.2, 0) is 16.0 Å². The molecule has 2 amide bonds. The SMILES string of the molecule is Cc1nn(-c2ccc(F)cc2)c(C)c1CC(=O)NNC(=O)[C@@H](C)Oc1ccccc1F. The molecule has 0 aliphatic carbocycles. The van der Waals surface area contributed by atoms with E-state index in [9.17, 15) is 18.4 Å². The molecule has 0 saturated carbocycles. The van der Waals surface area contributed by atoms with Gasteiger partial charge in [0.15, 0.2) is 17.7 Å². The fraction of sp³-hybridized carbons (Fsp3) is 0.227. The molecule has 0 saturated heterocycles. The Kier molecular flexibility index (Phi) is 6.64. The zero-order chi connectivity index (χ0) is 22.5. The molecule has 162 valence electrons. The first kappa shape index (κ1) is 21.9. The maximum Gasteiger partial charge on any atom is 0.279 e. The zero-order valence-corrected chi connectivity index (χ0v) is 17.3. The van der Waals surface area contributed by atoms with Crippen LogP contribution in [0.1, 0.15) is 23.9 Å². The van der Waals surface area contributed by atoms with Crippen LogP contribution in [0.2, 0.25) is 0 Å². The predicted octanol–water partition coefficient (Wildman–Crippen LogP) is 2.92. The third kappa shape index (κ3) is 5.25. The van der Waals surface area contributed by atoms with E-state index < -0.39 is 23.7 Å². The lowest BCUT2D eigenvalue weighted by Crippen LogP contribution is -2.47. The van der Waals surface area contributed by atoms with Crippen molar-refractivity contribution in [2.45, 2.75) is 33.3 Å². The topological polar surface area (TPSA) is 85.3 Å². The molecule has 2 N–H and O–H groups in total. The second-order valence-electron chi connectivity index (χ2n) is 6.94. The quantitative estimate of drug-likeness (QED) is 0.592. The maximum absolute atomic E-state index is 13.6. The number of hydrogen-bond acceptors (Lipinski definition) is 4. The van der Waals surface area contributed by atoms with Crippen molar-refractivity contribution in [3.8, 4) is 11.4 Å². The van der Waals surface area contributed by atoms with Crippen molar-refractivity contribution in [1.82, 2.24) is 20.6 Å². The molecular weight excluding hydrogens is 406 g/mol. The summed E-state index contributed by atoms with van der Waals surface area (Å²) < 4.78 is 33.7. The Labute approximate surface area is 178 Å². The number of amides is 2. The van der Waals surface area contributed by atoms with Crippen molar-refractivity contribution < 1.29 is 23.1 Å². The van der Waals surface area contributed by atoms with Crippen LogP contribution >= 0.6 is 0 Å². The molecule has 0 aliphatic rings. The molecule has 0 aliphatic heterocycles. The van der Waals surface area contributed by atoms with Crippen molar-refractivity contribution in [2.75, 3.05) is 0 Å². The summed E-state index contributed by atoms with van der Waals surface area (Å²) in [5.41, 5.74) is 7.31. The molecule has 7 nitrogen and oxygen atoms in total. The van der Waals surface area contributed by atoms with Gasteiger partial charge >= 0.3 is 0 Å². The number of benzene rings is 2.